The maximum atomic E-state index is 10.7. The highest BCUT2D eigenvalue weighted by Crippen LogP contribution is 2.23. The summed E-state index contributed by atoms with van der Waals surface area (Å²) in [6.07, 6.45) is 5.04. The molecule has 0 saturated heterocycles. The molecule has 1 N–H and O–H groups in total. The second-order valence-electron chi connectivity index (χ2n) is 4.97. The van der Waals surface area contributed by atoms with Crippen LogP contribution in [0.3, 0.4) is 0 Å². The number of aliphatic carboxylic acids is 1. The lowest BCUT2D eigenvalue weighted by Gasteiger charge is -2.17. The Hall–Kier alpha value is -2.00. The van der Waals surface area contributed by atoms with Crippen LogP contribution in [0.1, 0.15) is 36.0 Å². The molecule has 100 valence electrons. The van der Waals surface area contributed by atoms with E-state index in [0.29, 0.717) is 6.42 Å². The molecule has 0 heterocycles. The maximum absolute atomic E-state index is 10.7. The predicted octanol–water partition coefficient (Wildman–Crippen LogP) is 3.26. The van der Waals surface area contributed by atoms with Gasteiger partial charge in [-0.15, -0.1) is 0 Å². The number of hydrogen-bond acceptors (Lipinski definition) is 2. The molecule has 1 atom stereocenters. The third-order valence-electron chi connectivity index (χ3n) is 3.51. The average molecular weight is 259 g/mol. The Morgan fingerprint density at radius 1 is 1.37 bits per heavy atom. The first kappa shape index (κ1) is 13.4. The summed E-state index contributed by atoms with van der Waals surface area (Å²) >= 11 is 0. The summed E-state index contributed by atoms with van der Waals surface area (Å²) in [5.41, 5.74) is 12.3. The Balaban J connectivity index is 2.12. The second-order valence-corrected chi connectivity index (χ2v) is 4.97. The highest BCUT2D eigenvalue weighted by atomic mass is 16.4. The molecule has 0 unspecified atom stereocenters. The summed E-state index contributed by atoms with van der Waals surface area (Å²) in [5, 5.41) is 12.4. The van der Waals surface area contributed by atoms with E-state index in [1.807, 2.05) is 6.07 Å². The molecule has 0 fully saturated rings. The van der Waals surface area contributed by atoms with Gasteiger partial charge in [0, 0.05) is 4.91 Å². The summed E-state index contributed by atoms with van der Waals surface area (Å²) in [7, 11) is 0. The zero-order chi connectivity index (χ0) is 13.7. The molecular weight excluding hydrogens is 242 g/mol. The number of fused-ring (bicyclic) bond motifs is 1. The third-order valence-corrected chi connectivity index (χ3v) is 3.51. The molecule has 1 aliphatic carbocycles. The van der Waals surface area contributed by atoms with Crippen LogP contribution in [0, 0.1) is 0 Å². The molecule has 1 aliphatic rings. The zero-order valence-electron chi connectivity index (χ0n) is 10.7. The van der Waals surface area contributed by atoms with Crippen LogP contribution in [0.25, 0.3) is 10.4 Å². The number of rotatable bonds is 5. The van der Waals surface area contributed by atoms with Crippen LogP contribution in [0.2, 0.25) is 0 Å². The van der Waals surface area contributed by atoms with Crippen molar-refractivity contribution in [2.24, 2.45) is 5.11 Å². The number of carboxylic acid groups (broad SMARTS) is 1. The molecule has 0 radical (unpaired) electrons. The summed E-state index contributed by atoms with van der Waals surface area (Å²) in [6.45, 7) is 0. The van der Waals surface area contributed by atoms with Gasteiger partial charge in [0.15, 0.2) is 0 Å². The van der Waals surface area contributed by atoms with E-state index in [4.69, 9.17) is 10.6 Å². The van der Waals surface area contributed by atoms with E-state index in [0.717, 1.165) is 18.4 Å². The van der Waals surface area contributed by atoms with E-state index in [-0.39, 0.29) is 6.42 Å². The van der Waals surface area contributed by atoms with Gasteiger partial charge in [0.1, 0.15) is 0 Å². The van der Waals surface area contributed by atoms with E-state index in [9.17, 15) is 4.79 Å². The number of azide groups is 1. The standard InChI is InChI=1S/C14H17N3O2/c15-17-16-13(9-14(18)19)8-10-5-6-11-3-1-2-4-12(11)7-10/h5-7,13H,1-4,8-9H2,(H,18,19)/t13-/m1/s1. The van der Waals surface area contributed by atoms with Crippen molar-refractivity contribution in [1.29, 1.82) is 0 Å². The molecule has 5 heteroatoms. The fraction of sp³-hybridized carbons (Fsp3) is 0.500. The molecule has 0 aliphatic heterocycles. The van der Waals surface area contributed by atoms with Crippen molar-refractivity contribution in [2.75, 3.05) is 0 Å². The van der Waals surface area contributed by atoms with Gasteiger partial charge in [-0.3, -0.25) is 4.79 Å². The molecule has 19 heavy (non-hydrogen) atoms. The number of hydrogen-bond donors (Lipinski definition) is 1. The minimum atomic E-state index is -0.935. The quantitative estimate of drug-likeness (QED) is 0.500. The summed E-state index contributed by atoms with van der Waals surface area (Å²) < 4.78 is 0. The van der Waals surface area contributed by atoms with Crippen molar-refractivity contribution in [3.63, 3.8) is 0 Å². The molecule has 2 rings (SSSR count). The van der Waals surface area contributed by atoms with Crippen LogP contribution < -0.4 is 0 Å². The van der Waals surface area contributed by atoms with Gasteiger partial charge in [-0.05, 0) is 54.3 Å². The van der Waals surface area contributed by atoms with Crippen molar-refractivity contribution in [3.05, 3.63) is 45.3 Å². The summed E-state index contributed by atoms with van der Waals surface area (Å²) in [5.74, 6) is -0.935. The second kappa shape index (κ2) is 6.25. The number of carboxylic acids is 1. The molecular formula is C14H17N3O2. The van der Waals surface area contributed by atoms with Gasteiger partial charge in [-0.25, -0.2) is 0 Å². The van der Waals surface area contributed by atoms with E-state index in [2.05, 4.69) is 22.2 Å². The molecule has 0 aromatic heterocycles. The van der Waals surface area contributed by atoms with Gasteiger partial charge in [0.2, 0.25) is 0 Å². The van der Waals surface area contributed by atoms with Crippen LogP contribution in [0.15, 0.2) is 23.3 Å². The normalized spacial score (nSPS) is 15.2. The molecule has 0 spiro atoms. The molecule has 5 nitrogen and oxygen atoms in total. The van der Waals surface area contributed by atoms with Gasteiger partial charge in [0.05, 0.1) is 12.5 Å². The van der Waals surface area contributed by atoms with Crippen molar-refractivity contribution in [3.8, 4) is 0 Å². The van der Waals surface area contributed by atoms with Crippen LogP contribution in [0.4, 0.5) is 0 Å². The fourth-order valence-electron chi connectivity index (χ4n) is 2.61. The van der Waals surface area contributed by atoms with Crippen LogP contribution in [0.5, 0.6) is 0 Å². The molecule has 0 saturated carbocycles. The van der Waals surface area contributed by atoms with E-state index in [1.54, 1.807) is 0 Å². The lowest BCUT2D eigenvalue weighted by Crippen LogP contribution is -2.14. The fourth-order valence-corrected chi connectivity index (χ4v) is 2.61. The maximum Gasteiger partial charge on any atom is 0.303 e. The van der Waals surface area contributed by atoms with Gasteiger partial charge in [-0.2, -0.15) is 0 Å². The molecule has 1 aromatic carbocycles. The summed E-state index contributed by atoms with van der Waals surface area (Å²) in [4.78, 5) is 13.5. The van der Waals surface area contributed by atoms with Crippen LogP contribution >= 0.6 is 0 Å². The average Bonchev–Trinajstić information content (AvgIpc) is 2.38. The monoisotopic (exact) mass is 259 g/mol. The van der Waals surface area contributed by atoms with E-state index in [1.165, 1.54) is 24.0 Å². The lowest BCUT2D eigenvalue weighted by molar-refractivity contribution is -0.137. The number of nitrogens with zero attached hydrogens (tertiary/aromatic N) is 3. The van der Waals surface area contributed by atoms with Gasteiger partial charge in [-0.1, -0.05) is 23.3 Å². The Morgan fingerprint density at radius 2 is 2.11 bits per heavy atom. The Labute approximate surface area is 111 Å². The Kier molecular flexibility index (Phi) is 4.42. The SMILES string of the molecule is [N-]=[N+]=N[C@@H](CC(=O)O)Cc1ccc2c(c1)CCCC2. The minimum Gasteiger partial charge on any atom is -0.481 e. The first-order valence-electron chi connectivity index (χ1n) is 6.55. The molecule has 1 aromatic rings. The van der Waals surface area contributed by atoms with Crippen LogP contribution in [-0.4, -0.2) is 17.1 Å². The Bertz CT molecular complexity index is 521. The molecule has 0 bridgehead atoms. The van der Waals surface area contributed by atoms with Crippen molar-refractivity contribution in [2.45, 2.75) is 44.6 Å². The Morgan fingerprint density at radius 3 is 2.79 bits per heavy atom. The smallest absolute Gasteiger partial charge is 0.303 e. The first-order valence-corrected chi connectivity index (χ1v) is 6.55. The van der Waals surface area contributed by atoms with Crippen LogP contribution in [-0.2, 0) is 24.1 Å². The lowest BCUT2D eigenvalue weighted by atomic mass is 9.89. The van der Waals surface area contributed by atoms with Crippen molar-refractivity contribution >= 4 is 5.97 Å². The zero-order valence-corrected chi connectivity index (χ0v) is 10.7. The first-order chi connectivity index (χ1) is 9.19. The predicted molar refractivity (Wildman–Crippen MR) is 72.0 cm³/mol. The minimum absolute atomic E-state index is 0.124. The van der Waals surface area contributed by atoms with E-state index < -0.39 is 12.0 Å². The van der Waals surface area contributed by atoms with Gasteiger partial charge >= 0.3 is 5.97 Å². The van der Waals surface area contributed by atoms with Gasteiger partial charge in [0.25, 0.3) is 0 Å². The summed E-state index contributed by atoms with van der Waals surface area (Å²) in [6, 6.07) is 5.77. The van der Waals surface area contributed by atoms with Gasteiger partial charge < -0.3 is 5.11 Å². The van der Waals surface area contributed by atoms with Crippen molar-refractivity contribution in [1.82, 2.24) is 0 Å². The van der Waals surface area contributed by atoms with E-state index >= 15 is 0 Å². The largest absolute Gasteiger partial charge is 0.481 e. The third kappa shape index (κ3) is 3.73. The number of benzene rings is 1. The number of aryl methyl sites for hydroxylation is 2. The highest BCUT2D eigenvalue weighted by Gasteiger charge is 2.14. The molecule has 0 amide bonds. The number of carbonyl (C=O) groups is 1. The highest BCUT2D eigenvalue weighted by molar-refractivity contribution is 5.67. The topological polar surface area (TPSA) is 86.1 Å². The van der Waals surface area contributed by atoms with Crippen molar-refractivity contribution < 1.29 is 9.90 Å².